The standard InChI is InChI=1S/C13H24N2O3/c1-4-15(9-6-10(16)17)12(18)11-13(2,3)7-5-8-14-11/h11,14H,4-9H2,1-3H3,(H,16,17). The van der Waals surface area contributed by atoms with Crippen LogP contribution in [0.5, 0.6) is 0 Å². The molecule has 1 rings (SSSR count). The Balaban J connectivity index is 2.67. The van der Waals surface area contributed by atoms with E-state index in [9.17, 15) is 9.59 Å². The van der Waals surface area contributed by atoms with Gasteiger partial charge in [0.05, 0.1) is 12.5 Å². The van der Waals surface area contributed by atoms with Crippen molar-refractivity contribution in [1.82, 2.24) is 10.2 Å². The number of likely N-dealkylation sites (N-methyl/N-ethyl adjacent to an activating group) is 1. The highest BCUT2D eigenvalue weighted by Gasteiger charge is 2.38. The zero-order valence-corrected chi connectivity index (χ0v) is 11.5. The first-order valence-corrected chi connectivity index (χ1v) is 6.62. The van der Waals surface area contributed by atoms with Gasteiger partial charge in [-0.05, 0) is 31.7 Å². The van der Waals surface area contributed by atoms with Crippen LogP contribution in [0, 0.1) is 5.41 Å². The molecule has 0 bridgehead atoms. The molecule has 0 aromatic heterocycles. The van der Waals surface area contributed by atoms with E-state index >= 15 is 0 Å². The number of aliphatic carboxylic acids is 1. The smallest absolute Gasteiger partial charge is 0.305 e. The van der Waals surface area contributed by atoms with Gasteiger partial charge in [0.2, 0.25) is 5.91 Å². The van der Waals surface area contributed by atoms with Gasteiger partial charge < -0.3 is 15.3 Å². The molecule has 18 heavy (non-hydrogen) atoms. The van der Waals surface area contributed by atoms with Gasteiger partial charge in [-0.2, -0.15) is 0 Å². The maximum Gasteiger partial charge on any atom is 0.305 e. The maximum atomic E-state index is 12.4. The van der Waals surface area contributed by atoms with Crippen molar-refractivity contribution in [2.75, 3.05) is 19.6 Å². The highest BCUT2D eigenvalue weighted by Crippen LogP contribution is 2.31. The van der Waals surface area contributed by atoms with Crippen molar-refractivity contribution in [3.63, 3.8) is 0 Å². The molecule has 0 spiro atoms. The second-order valence-corrected chi connectivity index (χ2v) is 5.54. The number of amides is 1. The van der Waals surface area contributed by atoms with Crippen molar-refractivity contribution in [3.8, 4) is 0 Å². The fourth-order valence-corrected chi connectivity index (χ4v) is 2.47. The van der Waals surface area contributed by atoms with Crippen molar-refractivity contribution in [1.29, 1.82) is 0 Å². The lowest BCUT2D eigenvalue weighted by molar-refractivity contribution is -0.140. The minimum absolute atomic E-state index is 0.00668. The summed E-state index contributed by atoms with van der Waals surface area (Å²) in [6.45, 7) is 7.77. The minimum atomic E-state index is -0.864. The van der Waals surface area contributed by atoms with Crippen LogP contribution in [0.1, 0.15) is 40.0 Å². The quantitative estimate of drug-likeness (QED) is 0.772. The zero-order valence-electron chi connectivity index (χ0n) is 11.5. The fourth-order valence-electron chi connectivity index (χ4n) is 2.47. The summed E-state index contributed by atoms with van der Waals surface area (Å²) in [4.78, 5) is 24.7. The predicted molar refractivity (Wildman–Crippen MR) is 69.3 cm³/mol. The van der Waals surface area contributed by atoms with Crippen LogP contribution in [-0.4, -0.2) is 47.6 Å². The molecule has 1 amide bonds. The number of hydrogen-bond acceptors (Lipinski definition) is 3. The zero-order chi connectivity index (χ0) is 13.8. The van der Waals surface area contributed by atoms with Crippen LogP contribution in [0.25, 0.3) is 0 Å². The molecule has 1 unspecified atom stereocenters. The largest absolute Gasteiger partial charge is 0.481 e. The van der Waals surface area contributed by atoms with E-state index in [1.54, 1.807) is 4.90 Å². The molecule has 1 aliphatic rings. The molecule has 0 aliphatic carbocycles. The molecule has 1 aliphatic heterocycles. The van der Waals surface area contributed by atoms with E-state index < -0.39 is 5.97 Å². The highest BCUT2D eigenvalue weighted by atomic mass is 16.4. The Morgan fingerprint density at radius 2 is 2.11 bits per heavy atom. The number of rotatable bonds is 5. The van der Waals surface area contributed by atoms with Crippen LogP contribution in [0.4, 0.5) is 0 Å². The summed E-state index contributed by atoms with van der Waals surface area (Å²) in [5, 5.41) is 12.0. The summed E-state index contributed by atoms with van der Waals surface area (Å²) >= 11 is 0. The van der Waals surface area contributed by atoms with Crippen molar-refractivity contribution >= 4 is 11.9 Å². The Kier molecular flexibility index (Phi) is 5.14. The second-order valence-electron chi connectivity index (χ2n) is 5.54. The van der Waals surface area contributed by atoms with E-state index in [4.69, 9.17) is 5.11 Å². The van der Waals surface area contributed by atoms with Gasteiger partial charge in [-0.25, -0.2) is 0 Å². The average Bonchev–Trinajstić information content (AvgIpc) is 2.28. The summed E-state index contributed by atoms with van der Waals surface area (Å²) in [6, 6.07) is -0.194. The molecule has 1 atom stereocenters. The monoisotopic (exact) mass is 256 g/mol. The highest BCUT2D eigenvalue weighted by molar-refractivity contribution is 5.83. The van der Waals surface area contributed by atoms with E-state index in [-0.39, 0.29) is 23.8 Å². The summed E-state index contributed by atoms with van der Waals surface area (Å²) in [7, 11) is 0. The molecule has 2 N–H and O–H groups in total. The average molecular weight is 256 g/mol. The lowest BCUT2D eigenvalue weighted by atomic mass is 9.77. The summed E-state index contributed by atoms with van der Waals surface area (Å²) in [5.41, 5.74) is -0.0635. The first-order valence-electron chi connectivity index (χ1n) is 6.62. The molecule has 0 aromatic rings. The predicted octanol–water partition coefficient (Wildman–Crippen LogP) is 1.09. The van der Waals surface area contributed by atoms with Crippen molar-refractivity contribution in [3.05, 3.63) is 0 Å². The normalized spacial score (nSPS) is 22.5. The lowest BCUT2D eigenvalue weighted by Crippen LogP contribution is -2.56. The third kappa shape index (κ3) is 3.70. The van der Waals surface area contributed by atoms with Gasteiger partial charge in [-0.15, -0.1) is 0 Å². The van der Waals surface area contributed by atoms with Gasteiger partial charge in [0.1, 0.15) is 0 Å². The van der Waals surface area contributed by atoms with Crippen LogP contribution in [0.15, 0.2) is 0 Å². The van der Waals surface area contributed by atoms with Crippen LogP contribution in [-0.2, 0) is 9.59 Å². The number of nitrogens with zero attached hydrogens (tertiary/aromatic N) is 1. The molecular formula is C13H24N2O3. The van der Waals surface area contributed by atoms with Crippen LogP contribution in [0.3, 0.4) is 0 Å². The van der Waals surface area contributed by atoms with E-state index in [1.165, 1.54) is 0 Å². The summed E-state index contributed by atoms with van der Waals surface area (Å²) < 4.78 is 0. The first kappa shape index (κ1) is 15.0. The molecule has 5 nitrogen and oxygen atoms in total. The number of nitrogens with one attached hydrogen (secondary N) is 1. The Morgan fingerprint density at radius 1 is 1.44 bits per heavy atom. The third-order valence-electron chi connectivity index (χ3n) is 3.66. The van der Waals surface area contributed by atoms with Crippen molar-refractivity contribution in [2.45, 2.75) is 46.1 Å². The lowest BCUT2D eigenvalue weighted by Gasteiger charge is -2.40. The number of carboxylic acid groups (broad SMARTS) is 1. The molecule has 104 valence electrons. The summed E-state index contributed by atoms with van der Waals surface area (Å²) in [5.74, 6) is -0.833. The van der Waals surface area contributed by atoms with Gasteiger partial charge in [0.25, 0.3) is 0 Å². The molecule has 1 fully saturated rings. The van der Waals surface area contributed by atoms with E-state index in [1.807, 2.05) is 6.92 Å². The number of carbonyl (C=O) groups is 2. The van der Waals surface area contributed by atoms with Crippen molar-refractivity contribution < 1.29 is 14.7 Å². The molecule has 1 saturated heterocycles. The van der Waals surface area contributed by atoms with Crippen LogP contribution >= 0.6 is 0 Å². The van der Waals surface area contributed by atoms with Gasteiger partial charge in [0, 0.05) is 13.1 Å². The maximum absolute atomic E-state index is 12.4. The molecule has 1 heterocycles. The number of carboxylic acids is 1. The van der Waals surface area contributed by atoms with Crippen LogP contribution < -0.4 is 5.32 Å². The second kappa shape index (κ2) is 6.18. The molecule has 0 saturated carbocycles. The van der Waals surface area contributed by atoms with Gasteiger partial charge in [-0.1, -0.05) is 13.8 Å². The minimum Gasteiger partial charge on any atom is -0.481 e. The third-order valence-corrected chi connectivity index (χ3v) is 3.66. The Labute approximate surface area is 109 Å². The first-order chi connectivity index (χ1) is 8.38. The van der Waals surface area contributed by atoms with Gasteiger partial charge in [-0.3, -0.25) is 9.59 Å². The molecule has 5 heteroatoms. The number of hydrogen-bond donors (Lipinski definition) is 2. The molecule has 0 radical (unpaired) electrons. The van der Waals surface area contributed by atoms with E-state index in [0.29, 0.717) is 13.1 Å². The Hall–Kier alpha value is -1.10. The SMILES string of the molecule is CCN(CCC(=O)O)C(=O)C1NCCCC1(C)C. The van der Waals surface area contributed by atoms with E-state index in [0.717, 1.165) is 19.4 Å². The Bertz CT molecular complexity index is 315. The Morgan fingerprint density at radius 3 is 2.61 bits per heavy atom. The van der Waals surface area contributed by atoms with Gasteiger partial charge in [0.15, 0.2) is 0 Å². The molecular weight excluding hydrogens is 232 g/mol. The van der Waals surface area contributed by atoms with E-state index in [2.05, 4.69) is 19.2 Å². The molecule has 0 aromatic carbocycles. The van der Waals surface area contributed by atoms with Crippen molar-refractivity contribution in [2.24, 2.45) is 5.41 Å². The number of piperidine rings is 1. The summed E-state index contributed by atoms with van der Waals surface area (Å²) in [6.07, 6.45) is 2.11. The topological polar surface area (TPSA) is 69.6 Å². The number of carbonyl (C=O) groups excluding carboxylic acids is 1. The van der Waals surface area contributed by atoms with Gasteiger partial charge >= 0.3 is 5.97 Å². The fraction of sp³-hybridized carbons (Fsp3) is 0.846. The van der Waals surface area contributed by atoms with Crippen LogP contribution in [0.2, 0.25) is 0 Å².